The number of aliphatic hydroxyl groups excluding tert-OH is 1. The van der Waals surface area contributed by atoms with Gasteiger partial charge in [0.15, 0.2) is 11.5 Å². The van der Waals surface area contributed by atoms with Crippen LogP contribution in [0.1, 0.15) is 39.0 Å². The van der Waals surface area contributed by atoms with Gasteiger partial charge in [0.25, 0.3) is 0 Å². The maximum absolute atomic E-state index is 12.0. The number of fused-ring (bicyclic) bond motifs is 1. The lowest BCUT2D eigenvalue weighted by atomic mass is 10.1. The average molecular weight is 541 g/mol. The molecular formula is C26H36N8O5. The Labute approximate surface area is 226 Å². The standard InChI is InChI=1S/C26H36N8O5/c1-18(35)16-27-26(37)29-20-9-7-19(8-10-20)23-30-24(33-12-14-39-15-13-33)21-17-28-34(25(21)31-23)11-5-3-2-4-6-22(36)32-38/h7-10,17-18,35,38H,2-6,11-16H2,1H3,(H,32,36)(H2,27,29,37). The van der Waals surface area contributed by atoms with Crippen molar-refractivity contribution in [1.29, 1.82) is 0 Å². The molecule has 1 aliphatic rings. The third-order valence-corrected chi connectivity index (χ3v) is 6.39. The predicted molar refractivity (Wildman–Crippen MR) is 146 cm³/mol. The number of hydrogen-bond donors (Lipinski definition) is 5. The normalized spacial score (nSPS) is 14.3. The molecule has 0 aliphatic carbocycles. The van der Waals surface area contributed by atoms with Gasteiger partial charge in [-0.25, -0.2) is 24.9 Å². The van der Waals surface area contributed by atoms with E-state index in [0.717, 1.165) is 54.8 Å². The summed E-state index contributed by atoms with van der Waals surface area (Å²) in [6.07, 6.45) is 4.89. The molecule has 210 valence electrons. The van der Waals surface area contributed by atoms with E-state index in [1.54, 1.807) is 24.5 Å². The second kappa shape index (κ2) is 13.8. The van der Waals surface area contributed by atoms with Gasteiger partial charge in [-0.05, 0) is 44.0 Å². The minimum absolute atomic E-state index is 0.163. The Morgan fingerprint density at radius 2 is 1.82 bits per heavy atom. The first kappa shape index (κ1) is 28.2. The SMILES string of the molecule is CC(O)CNC(=O)Nc1ccc(-c2nc(N3CCOCC3)c3cnn(CCCCCCC(=O)NO)c3n2)cc1. The fraction of sp³-hybridized carbons (Fsp3) is 0.500. The minimum atomic E-state index is -0.626. The predicted octanol–water partition coefficient (Wildman–Crippen LogP) is 2.29. The number of benzene rings is 1. The van der Waals surface area contributed by atoms with Crippen molar-refractivity contribution in [3.63, 3.8) is 0 Å². The van der Waals surface area contributed by atoms with Crippen molar-refractivity contribution in [1.82, 2.24) is 30.5 Å². The molecule has 0 saturated carbocycles. The number of urea groups is 1. The third kappa shape index (κ3) is 7.85. The summed E-state index contributed by atoms with van der Waals surface area (Å²) in [5, 5.41) is 28.8. The zero-order chi connectivity index (χ0) is 27.6. The van der Waals surface area contributed by atoms with Crippen LogP contribution in [0.15, 0.2) is 30.5 Å². The molecule has 39 heavy (non-hydrogen) atoms. The molecule has 1 atom stereocenters. The molecule has 1 saturated heterocycles. The second-order valence-corrected chi connectivity index (χ2v) is 9.54. The first-order valence-corrected chi connectivity index (χ1v) is 13.3. The summed E-state index contributed by atoms with van der Waals surface area (Å²) in [6, 6.07) is 6.90. The van der Waals surface area contributed by atoms with Gasteiger partial charge in [-0.3, -0.25) is 10.0 Å². The Morgan fingerprint density at radius 3 is 2.54 bits per heavy atom. The Hall–Kier alpha value is -3.81. The molecule has 1 aromatic carbocycles. The average Bonchev–Trinajstić information content (AvgIpc) is 3.36. The fourth-order valence-corrected chi connectivity index (χ4v) is 4.32. The number of amides is 3. The molecule has 0 spiro atoms. The number of aromatic nitrogens is 4. The van der Waals surface area contributed by atoms with Crippen molar-refractivity contribution in [2.75, 3.05) is 43.1 Å². The molecule has 5 N–H and O–H groups in total. The zero-order valence-electron chi connectivity index (χ0n) is 22.1. The lowest BCUT2D eigenvalue weighted by Gasteiger charge is -2.28. The first-order chi connectivity index (χ1) is 18.9. The van der Waals surface area contributed by atoms with Crippen molar-refractivity contribution >= 4 is 34.5 Å². The van der Waals surface area contributed by atoms with Gasteiger partial charge >= 0.3 is 6.03 Å². The van der Waals surface area contributed by atoms with Crippen LogP contribution in [0.25, 0.3) is 22.4 Å². The van der Waals surface area contributed by atoms with Crippen molar-refractivity contribution in [3.05, 3.63) is 30.5 Å². The number of carbonyl (C=O) groups excluding carboxylic acids is 2. The summed E-state index contributed by atoms with van der Waals surface area (Å²) in [5.41, 5.74) is 3.82. The fourth-order valence-electron chi connectivity index (χ4n) is 4.32. The van der Waals surface area contributed by atoms with Gasteiger partial charge in [-0.2, -0.15) is 5.10 Å². The summed E-state index contributed by atoms with van der Waals surface area (Å²) in [4.78, 5) is 35.2. The van der Waals surface area contributed by atoms with E-state index in [-0.39, 0.29) is 12.5 Å². The van der Waals surface area contributed by atoms with Crippen molar-refractivity contribution in [2.24, 2.45) is 0 Å². The zero-order valence-corrected chi connectivity index (χ0v) is 22.1. The highest BCUT2D eigenvalue weighted by Gasteiger charge is 2.20. The second-order valence-electron chi connectivity index (χ2n) is 9.54. The number of ether oxygens (including phenoxy) is 1. The molecule has 3 amide bonds. The number of rotatable bonds is 12. The monoisotopic (exact) mass is 540 g/mol. The molecule has 1 fully saturated rings. The number of morpholine rings is 1. The number of nitrogens with one attached hydrogen (secondary N) is 3. The van der Waals surface area contributed by atoms with E-state index in [4.69, 9.17) is 19.9 Å². The highest BCUT2D eigenvalue weighted by atomic mass is 16.5. The van der Waals surface area contributed by atoms with Crippen molar-refractivity contribution < 1.29 is 24.6 Å². The van der Waals surface area contributed by atoms with Crippen LogP contribution in [0, 0.1) is 0 Å². The van der Waals surface area contributed by atoms with Crippen LogP contribution in [0.2, 0.25) is 0 Å². The van der Waals surface area contributed by atoms with Gasteiger partial charge in [0.1, 0.15) is 5.82 Å². The van der Waals surface area contributed by atoms with Gasteiger partial charge in [-0.15, -0.1) is 0 Å². The van der Waals surface area contributed by atoms with Crippen LogP contribution in [0.5, 0.6) is 0 Å². The van der Waals surface area contributed by atoms with Gasteiger partial charge in [0.05, 0.1) is 30.9 Å². The van der Waals surface area contributed by atoms with Crippen LogP contribution in [-0.4, -0.2) is 81.0 Å². The quantitative estimate of drug-likeness (QED) is 0.132. The van der Waals surface area contributed by atoms with Crippen LogP contribution in [-0.2, 0) is 16.1 Å². The Kier molecular flexibility index (Phi) is 10.00. The molecule has 13 heteroatoms. The van der Waals surface area contributed by atoms with E-state index in [1.807, 2.05) is 23.0 Å². The van der Waals surface area contributed by atoms with Gasteiger partial charge in [0, 0.05) is 43.9 Å². The summed E-state index contributed by atoms with van der Waals surface area (Å²) in [7, 11) is 0. The summed E-state index contributed by atoms with van der Waals surface area (Å²) in [6.45, 7) is 5.15. The largest absolute Gasteiger partial charge is 0.392 e. The highest BCUT2D eigenvalue weighted by Crippen LogP contribution is 2.29. The molecule has 2 aromatic heterocycles. The number of unbranched alkanes of at least 4 members (excludes halogenated alkanes) is 3. The number of nitrogens with zero attached hydrogens (tertiary/aromatic N) is 5. The van der Waals surface area contributed by atoms with E-state index in [2.05, 4.69) is 20.6 Å². The molecule has 1 aliphatic heterocycles. The lowest BCUT2D eigenvalue weighted by molar-refractivity contribution is -0.129. The maximum Gasteiger partial charge on any atom is 0.319 e. The lowest BCUT2D eigenvalue weighted by Crippen LogP contribution is -2.37. The molecule has 4 rings (SSSR count). The summed E-state index contributed by atoms with van der Waals surface area (Å²) in [5.74, 6) is 1.02. The number of hydroxylamine groups is 1. The Morgan fingerprint density at radius 1 is 1.08 bits per heavy atom. The van der Waals surface area contributed by atoms with Crippen LogP contribution < -0.4 is 21.0 Å². The highest BCUT2D eigenvalue weighted by molar-refractivity contribution is 5.90. The molecule has 3 heterocycles. The van der Waals surface area contributed by atoms with Crippen molar-refractivity contribution in [2.45, 2.75) is 51.7 Å². The Bertz CT molecular complexity index is 1240. The van der Waals surface area contributed by atoms with Gasteiger partial charge < -0.3 is 25.4 Å². The molecule has 0 bridgehead atoms. The molecule has 13 nitrogen and oxygen atoms in total. The summed E-state index contributed by atoms with van der Waals surface area (Å²) >= 11 is 0. The number of hydrogen-bond acceptors (Lipinski definition) is 9. The number of carbonyl (C=O) groups is 2. The van der Waals surface area contributed by atoms with Crippen LogP contribution >= 0.6 is 0 Å². The third-order valence-electron chi connectivity index (χ3n) is 6.39. The number of aliphatic hydroxyl groups is 1. The maximum atomic E-state index is 12.0. The summed E-state index contributed by atoms with van der Waals surface area (Å²) < 4.78 is 7.43. The molecule has 1 unspecified atom stereocenters. The number of aryl methyl sites for hydroxylation is 1. The van der Waals surface area contributed by atoms with E-state index in [1.165, 1.54) is 0 Å². The van der Waals surface area contributed by atoms with E-state index in [0.29, 0.717) is 44.1 Å². The number of anilines is 2. The smallest absolute Gasteiger partial charge is 0.319 e. The molecule has 3 aromatic rings. The van der Waals surface area contributed by atoms with Gasteiger partial charge in [-0.1, -0.05) is 12.8 Å². The topological polar surface area (TPSA) is 167 Å². The van der Waals surface area contributed by atoms with Crippen LogP contribution in [0.4, 0.5) is 16.3 Å². The van der Waals surface area contributed by atoms with E-state index >= 15 is 0 Å². The van der Waals surface area contributed by atoms with Crippen LogP contribution in [0.3, 0.4) is 0 Å². The first-order valence-electron chi connectivity index (χ1n) is 13.3. The van der Waals surface area contributed by atoms with E-state index < -0.39 is 12.1 Å². The van der Waals surface area contributed by atoms with E-state index in [9.17, 15) is 14.7 Å². The molecular weight excluding hydrogens is 504 g/mol. The minimum Gasteiger partial charge on any atom is -0.392 e. The van der Waals surface area contributed by atoms with Gasteiger partial charge in [0.2, 0.25) is 5.91 Å². The Balaban J connectivity index is 1.51. The molecule has 0 radical (unpaired) electrons. The van der Waals surface area contributed by atoms with Crippen molar-refractivity contribution in [3.8, 4) is 11.4 Å².